The van der Waals surface area contributed by atoms with Crippen LogP contribution >= 0.6 is 0 Å². The third kappa shape index (κ3) is 6.54. The van der Waals surface area contributed by atoms with Gasteiger partial charge in [0.2, 0.25) is 5.91 Å². The highest BCUT2D eigenvalue weighted by Crippen LogP contribution is 1.93. The van der Waals surface area contributed by atoms with E-state index in [-0.39, 0.29) is 12.0 Å². The summed E-state index contributed by atoms with van der Waals surface area (Å²) in [5.74, 6) is -0.123. The summed E-state index contributed by atoms with van der Waals surface area (Å²) >= 11 is 0. The van der Waals surface area contributed by atoms with Crippen LogP contribution in [0.15, 0.2) is 0 Å². The molecule has 0 aliphatic carbocycles. The van der Waals surface area contributed by atoms with Crippen molar-refractivity contribution in [3.05, 3.63) is 0 Å². The lowest BCUT2D eigenvalue weighted by molar-refractivity contribution is -0.122. The van der Waals surface area contributed by atoms with Gasteiger partial charge >= 0.3 is 0 Å². The number of hydrogen-bond acceptors (Lipinski definition) is 3. The van der Waals surface area contributed by atoms with Crippen LogP contribution in [0.3, 0.4) is 0 Å². The second-order valence-electron chi connectivity index (χ2n) is 3.32. The highest BCUT2D eigenvalue weighted by molar-refractivity contribution is 5.81. The topological polar surface area (TPSA) is 75.4 Å². The lowest BCUT2D eigenvalue weighted by Gasteiger charge is -2.11. The summed E-state index contributed by atoms with van der Waals surface area (Å²) in [6.07, 6.45) is 1.82. The molecule has 78 valence electrons. The molecule has 0 radical (unpaired) electrons. The molecule has 0 rings (SSSR count). The number of nitrogens with one attached hydrogen (secondary N) is 1. The minimum atomic E-state index is -0.404. The number of hydrogen-bond donors (Lipinski definition) is 3. The van der Waals surface area contributed by atoms with Crippen LogP contribution in [-0.2, 0) is 4.79 Å². The highest BCUT2D eigenvalue weighted by Gasteiger charge is 2.10. The van der Waals surface area contributed by atoms with Gasteiger partial charge in [-0.3, -0.25) is 4.79 Å². The van der Waals surface area contributed by atoms with Gasteiger partial charge in [0, 0.05) is 6.54 Å². The highest BCUT2D eigenvalue weighted by atomic mass is 16.3. The summed E-state index contributed by atoms with van der Waals surface area (Å²) in [6, 6.07) is -0.404. The summed E-state index contributed by atoms with van der Waals surface area (Å²) in [6.45, 7) is 4.18. The molecular weight excluding hydrogens is 168 g/mol. The molecule has 0 aromatic heterocycles. The Balaban J connectivity index is 3.50. The van der Waals surface area contributed by atoms with E-state index in [1.807, 2.05) is 6.92 Å². The third-order valence-electron chi connectivity index (χ3n) is 1.80. The van der Waals surface area contributed by atoms with E-state index in [0.29, 0.717) is 19.4 Å². The maximum atomic E-state index is 11.2. The van der Waals surface area contributed by atoms with E-state index in [9.17, 15) is 4.79 Å². The van der Waals surface area contributed by atoms with Crippen LogP contribution < -0.4 is 11.1 Å². The zero-order valence-corrected chi connectivity index (χ0v) is 8.42. The Labute approximate surface area is 79.5 Å². The maximum Gasteiger partial charge on any atom is 0.236 e. The first-order valence-electron chi connectivity index (χ1n) is 4.79. The van der Waals surface area contributed by atoms with Crippen LogP contribution in [0, 0.1) is 0 Å². The van der Waals surface area contributed by atoms with Gasteiger partial charge in [-0.15, -0.1) is 0 Å². The Bertz CT molecular complexity index is 149. The van der Waals surface area contributed by atoms with Crippen molar-refractivity contribution >= 4 is 5.91 Å². The lowest BCUT2D eigenvalue weighted by atomic mass is 10.1. The van der Waals surface area contributed by atoms with Crippen LogP contribution in [0.4, 0.5) is 0 Å². The monoisotopic (exact) mass is 188 g/mol. The number of aliphatic hydroxyl groups is 1. The zero-order chi connectivity index (χ0) is 10.3. The lowest BCUT2D eigenvalue weighted by Crippen LogP contribution is -2.41. The van der Waals surface area contributed by atoms with Crippen molar-refractivity contribution < 1.29 is 9.90 Å². The molecule has 1 unspecified atom stereocenters. The first-order chi connectivity index (χ1) is 6.07. The minimum absolute atomic E-state index is 0.123. The first kappa shape index (κ1) is 12.4. The van der Waals surface area contributed by atoms with Gasteiger partial charge in [-0.1, -0.05) is 13.3 Å². The first-order valence-corrected chi connectivity index (χ1v) is 4.79. The molecule has 0 heterocycles. The molecule has 1 amide bonds. The number of carbonyl (C=O) groups excluding carboxylic acids is 1. The average Bonchev–Trinajstić information content (AvgIpc) is 2.04. The van der Waals surface area contributed by atoms with Gasteiger partial charge in [0.25, 0.3) is 0 Å². The van der Waals surface area contributed by atoms with E-state index in [2.05, 4.69) is 5.32 Å². The van der Waals surface area contributed by atoms with Crippen LogP contribution in [0.25, 0.3) is 0 Å². The van der Waals surface area contributed by atoms with E-state index < -0.39 is 6.04 Å². The Morgan fingerprint density at radius 3 is 2.62 bits per heavy atom. The van der Waals surface area contributed by atoms with Crippen LogP contribution in [-0.4, -0.2) is 29.7 Å². The summed E-state index contributed by atoms with van der Waals surface area (Å²) in [4.78, 5) is 11.2. The molecule has 0 aliphatic rings. The van der Waals surface area contributed by atoms with Gasteiger partial charge in [-0.25, -0.2) is 0 Å². The standard InChI is InChI=1S/C9H20N2O2/c1-3-4-8(10)9(13)11-6-5-7(2)12/h7-8,12H,3-6,10H2,1-2H3,(H,11,13)/t7?,8-/m1/s1. The molecule has 0 saturated heterocycles. The van der Waals surface area contributed by atoms with E-state index in [1.54, 1.807) is 6.92 Å². The molecule has 0 bridgehead atoms. The van der Waals surface area contributed by atoms with Gasteiger partial charge in [-0.2, -0.15) is 0 Å². The fourth-order valence-electron chi connectivity index (χ4n) is 0.977. The van der Waals surface area contributed by atoms with E-state index >= 15 is 0 Å². The normalized spacial score (nSPS) is 15.1. The molecule has 4 heteroatoms. The van der Waals surface area contributed by atoms with Crippen LogP contribution in [0.5, 0.6) is 0 Å². The van der Waals surface area contributed by atoms with Crippen molar-refractivity contribution in [2.45, 2.75) is 45.3 Å². The summed E-state index contributed by atoms with van der Waals surface area (Å²) in [7, 11) is 0. The van der Waals surface area contributed by atoms with Crippen molar-refractivity contribution in [3.63, 3.8) is 0 Å². The van der Waals surface area contributed by atoms with Crippen molar-refractivity contribution in [2.24, 2.45) is 5.73 Å². The van der Waals surface area contributed by atoms with E-state index in [4.69, 9.17) is 10.8 Å². The fourth-order valence-corrected chi connectivity index (χ4v) is 0.977. The smallest absolute Gasteiger partial charge is 0.236 e. The largest absolute Gasteiger partial charge is 0.393 e. The van der Waals surface area contributed by atoms with E-state index in [0.717, 1.165) is 6.42 Å². The average molecular weight is 188 g/mol. The Morgan fingerprint density at radius 2 is 2.15 bits per heavy atom. The molecule has 2 atom stereocenters. The van der Waals surface area contributed by atoms with Gasteiger partial charge in [0.15, 0.2) is 0 Å². The number of rotatable bonds is 6. The molecule has 0 aromatic carbocycles. The number of aliphatic hydroxyl groups excluding tert-OH is 1. The summed E-state index contributed by atoms with van der Waals surface area (Å²) in [5.41, 5.74) is 5.57. The quantitative estimate of drug-likeness (QED) is 0.549. The molecular formula is C9H20N2O2. The predicted molar refractivity (Wildman–Crippen MR) is 52.2 cm³/mol. The second-order valence-corrected chi connectivity index (χ2v) is 3.32. The van der Waals surface area contributed by atoms with Gasteiger partial charge in [0.05, 0.1) is 12.1 Å². The molecule has 4 nitrogen and oxygen atoms in total. The summed E-state index contributed by atoms with van der Waals surface area (Å²) < 4.78 is 0. The van der Waals surface area contributed by atoms with Crippen molar-refractivity contribution in [3.8, 4) is 0 Å². The van der Waals surface area contributed by atoms with Crippen molar-refractivity contribution in [1.82, 2.24) is 5.32 Å². The Morgan fingerprint density at radius 1 is 1.54 bits per heavy atom. The van der Waals surface area contributed by atoms with Gasteiger partial charge in [0.1, 0.15) is 0 Å². The SMILES string of the molecule is CCC[C@@H](N)C(=O)NCCC(C)O. The molecule has 4 N–H and O–H groups in total. The number of nitrogens with two attached hydrogens (primary N) is 1. The zero-order valence-electron chi connectivity index (χ0n) is 8.42. The maximum absolute atomic E-state index is 11.2. The number of amides is 1. The van der Waals surface area contributed by atoms with Crippen LogP contribution in [0.2, 0.25) is 0 Å². The summed E-state index contributed by atoms with van der Waals surface area (Å²) in [5, 5.41) is 11.6. The second kappa shape index (κ2) is 6.86. The third-order valence-corrected chi connectivity index (χ3v) is 1.80. The molecule has 0 spiro atoms. The predicted octanol–water partition coefficient (Wildman–Crippen LogP) is 0.000900. The Hall–Kier alpha value is -0.610. The Kier molecular flexibility index (Phi) is 6.54. The molecule has 0 aromatic rings. The minimum Gasteiger partial charge on any atom is -0.393 e. The van der Waals surface area contributed by atoms with Gasteiger partial charge < -0.3 is 16.2 Å². The van der Waals surface area contributed by atoms with Crippen molar-refractivity contribution in [1.29, 1.82) is 0 Å². The van der Waals surface area contributed by atoms with E-state index in [1.165, 1.54) is 0 Å². The fraction of sp³-hybridized carbons (Fsp3) is 0.889. The van der Waals surface area contributed by atoms with Crippen molar-refractivity contribution in [2.75, 3.05) is 6.54 Å². The molecule has 0 fully saturated rings. The molecule has 0 saturated carbocycles. The number of carbonyl (C=O) groups is 1. The van der Waals surface area contributed by atoms with Crippen LogP contribution in [0.1, 0.15) is 33.1 Å². The molecule has 0 aliphatic heterocycles. The molecule has 13 heavy (non-hydrogen) atoms. The van der Waals surface area contributed by atoms with Gasteiger partial charge in [-0.05, 0) is 19.8 Å².